The third kappa shape index (κ3) is 4.00. The Kier molecular flexibility index (Phi) is 5.46. The smallest absolute Gasteiger partial charge is 0.313 e. The minimum Gasteiger partial charge on any atom is -0.313 e. The first-order valence-corrected chi connectivity index (χ1v) is 12.0. The number of carbonyl (C=O) groups excluding carboxylic acids is 2. The molecule has 1 aliphatic carbocycles. The number of nitrogens with zero attached hydrogens (tertiary/aromatic N) is 4. The van der Waals surface area contributed by atoms with E-state index in [4.69, 9.17) is 0 Å². The van der Waals surface area contributed by atoms with Crippen molar-refractivity contribution >= 4 is 23.3 Å². The summed E-state index contributed by atoms with van der Waals surface area (Å²) in [7, 11) is 0. The standard InChI is InChI=1S/C26H24F3N5O2/c27-19-9-18(10-20(28)25(19)29)31-26(36)33-13-23-21(11-30-34(23)14-22(33)16-6-7-16)32-12-17(8-24(32)35)15-4-2-1-3-5-15/h1-5,9-11,16-17,22H,6-8,12-14H2,(H,31,36). The molecule has 1 saturated carbocycles. The highest BCUT2D eigenvalue weighted by Gasteiger charge is 2.43. The quantitative estimate of drug-likeness (QED) is 0.536. The summed E-state index contributed by atoms with van der Waals surface area (Å²) in [6.07, 6.45) is 4.02. The summed E-state index contributed by atoms with van der Waals surface area (Å²) in [6.45, 7) is 1.17. The third-order valence-corrected chi connectivity index (χ3v) is 7.36. The van der Waals surface area contributed by atoms with Gasteiger partial charge in [-0.25, -0.2) is 18.0 Å². The van der Waals surface area contributed by atoms with Crippen molar-refractivity contribution in [1.29, 1.82) is 0 Å². The second-order valence-corrected chi connectivity index (χ2v) is 9.69. The predicted molar refractivity (Wildman–Crippen MR) is 126 cm³/mol. The number of benzene rings is 2. The summed E-state index contributed by atoms with van der Waals surface area (Å²) < 4.78 is 42.6. The highest BCUT2D eigenvalue weighted by molar-refractivity contribution is 5.97. The molecule has 3 heterocycles. The molecule has 2 aliphatic heterocycles. The predicted octanol–water partition coefficient (Wildman–Crippen LogP) is 4.65. The van der Waals surface area contributed by atoms with Gasteiger partial charge in [0.05, 0.1) is 36.7 Å². The van der Waals surface area contributed by atoms with Crippen molar-refractivity contribution in [2.24, 2.45) is 5.92 Å². The lowest BCUT2D eigenvalue weighted by molar-refractivity contribution is -0.117. The van der Waals surface area contributed by atoms with Gasteiger partial charge in [-0.1, -0.05) is 30.3 Å². The molecule has 1 N–H and O–H groups in total. The molecule has 186 valence electrons. The van der Waals surface area contributed by atoms with Crippen LogP contribution in [0.25, 0.3) is 0 Å². The fourth-order valence-electron chi connectivity index (χ4n) is 5.32. The van der Waals surface area contributed by atoms with E-state index < -0.39 is 23.5 Å². The molecule has 2 fully saturated rings. The first kappa shape index (κ1) is 22.6. The average molecular weight is 496 g/mol. The fourth-order valence-corrected chi connectivity index (χ4v) is 5.32. The summed E-state index contributed by atoms with van der Waals surface area (Å²) >= 11 is 0. The Balaban J connectivity index is 1.26. The minimum atomic E-state index is -1.58. The van der Waals surface area contributed by atoms with Gasteiger partial charge in [0.1, 0.15) is 0 Å². The molecule has 1 aromatic heterocycles. The van der Waals surface area contributed by atoms with Gasteiger partial charge in [0.15, 0.2) is 17.5 Å². The third-order valence-electron chi connectivity index (χ3n) is 7.36. The van der Waals surface area contributed by atoms with E-state index in [1.807, 2.05) is 35.0 Å². The number of anilines is 2. The van der Waals surface area contributed by atoms with Crippen LogP contribution in [0, 0.1) is 23.4 Å². The molecule has 0 bridgehead atoms. The lowest BCUT2D eigenvalue weighted by atomic mass is 9.98. The summed E-state index contributed by atoms with van der Waals surface area (Å²) in [5.41, 5.74) is 2.35. The van der Waals surface area contributed by atoms with Gasteiger partial charge in [0.25, 0.3) is 0 Å². The lowest BCUT2D eigenvalue weighted by Gasteiger charge is -2.37. The zero-order chi connectivity index (χ0) is 25.0. The molecule has 2 unspecified atom stereocenters. The zero-order valence-corrected chi connectivity index (χ0v) is 19.3. The van der Waals surface area contributed by atoms with Gasteiger partial charge < -0.3 is 15.1 Å². The molecule has 6 rings (SSSR count). The number of nitrogens with one attached hydrogen (secondary N) is 1. The van der Waals surface area contributed by atoms with Gasteiger partial charge in [-0.3, -0.25) is 9.48 Å². The maximum atomic E-state index is 13.7. The molecule has 3 aliphatic rings. The number of rotatable bonds is 4. The van der Waals surface area contributed by atoms with Crippen LogP contribution in [0.4, 0.5) is 29.3 Å². The molecule has 2 aromatic carbocycles. The largest absolute Gasteiger partial charge is 0.322 e. The first-order chi connectivity index (χ1) is 17.4. The van der Waals surface area contributed by atoms with Crippen molar-refractivity contribution in [3.8, 4) is 0 Å². The maximum Gasteiger partial charge on any atom is 0.322 e. The van der Waals surface area contributed by atoms with Crippen LogP contribution in [-0.4, -0.2) is 39.2 Å². The summed E-state index contributed by atoms with van der Waals surface area (Å²) in [5, 5.41) is 7.04. The summed E-state index contributed by atoms with van der Waals surface area (Å²) in [4.78, 5) is 29.6. The van der Waals surface area contributed by atoms with Gasteiger partial charge in [-0.05, 0) is 24.3 Å². The second kappa shape index (κ2) is 8.69. The van der Waals surface area contributed by atoms with Gasteiger partial charge in [-0.2, -0.15) is 5.10 Å². The highest BCUT2D eigenvalue weighted by atomic mass is 19.2. The minimum absolute atomic E-state index is 0.00256. The normalized spacial score (nSPS) is 21.6. The van der Waals surface area contributed by atoms with E-state index in [0.717, 1.165) is 36.2 Å². The number of halogens is 3. The van der Waals surface area contributed by atoms with Crippen LogP contribution in [0.15, 0.2) is 48.7 Å². The SMILES string of the molecule is O=C1CC(c2ccccc2)CN1c1cnn2c1CN(C(=O)Nc1cc(F)c(F)c(F)c1)C(C1CC1)C2. The first-order valence-electron chi connectivity index (χ1n) is 12.0. The number of carbonyl (C=O) groups is 2. The molecule has 0 spiro atoms. The number of fused-ring (bicyclic) bond motifs is 1. The second-order valence-electron chi connectivity index (χ2n) is 9.69. The van der Waals surface area contributed by atoms with Crippen LogP contribution in [-0.2, 0) is 17.9 Å². The molecule has 1 saturated heterocycles. The van der Waals surface area contributed by atoms with Crippen LogP contribution >= 0.6 is 0 Å². The topological polar surface area (TPSA) is 70.5 Å². The van der Waals surface area contributed by atoms with Gasteiger partial charge in [-0.15, -0.1) is 0 Å². The Hall–Kier alpha value is -3.82. The molecule has 3 amide bonds. The van der Waals surface area contributed by atoms with E-state index in [1.165, 1.54) is 0 Å². The van der Waals surface area contributed by atoms with Crippen LogP contribution in [0.1, 0.15) is 36.4 Å². The number of aromatic nitrogens is 2. The lowest BCUT2D eigenvalue weighted by Crippen LogP contribution is -2.49. The van der Waals surface area contributed by atoms with E-state index in [1.54, 1.807) is 16.0 Å². The Labute approximate surface area is 205 Å². The van der Waals surface area contributed by atoms with Crippen LogP contribution in [0.2, 0.25) is 0 Å². The van der Waals surface area contributed by atoms with E-state index in [0.29, 0.717) is 31.1 Å². The Morgan fingerprint density at radius 2 is 1.75 bits per heavy atom. The maximum absolute atomic E-state index is 13.7. The molecular formula is C26H24F3N5O2. The van der Waals surface area contributed by atoms with Gasteiger partial charge in [0, 0.05) is 36.7 Å². The molecule has 3 aromatic rings. The number of hydrogen-bond acceptors (Lipinski definition) is 3. The van der Waals surface area contributed by atoms with E-state index in [2.05, 4.69) is 10.4 Å². The van der Waals surface area contributed by atoms with Crippen molar-refractivity contribution in [3.63, 3.8) is 0 Å². The number of urea groups is 1. The summed E-state index contributed by atoms with van der Waals surface area (Å²) in [5.74, 6) is -3.96. The zero-order valence-electron chi connectivity index (χ0n) is 19.3. The van der Waals surface area contributed by atoms with Gasteiger partial charge in [0.2, 0.25) is 5.91 Å². The Morgan fingerprint density at radius 3 is 2.44 bits per heavy atom. The van der Waals surface area contributed by atoms with Crippen molar-refractivity contribution < 1.29 is 22.8 Å². The van der Waals surface area contributed by atoms with Crippen molar-refractivity contribution in [1.82, 2.24) is 14.7 Å². The number of amides is 3. The fraction of sp³-hybridized carbons (Fsp3) is 0.346. The van der Waals surface area contributed by atoms with E-state index >= 15 is 0 Å². The van der Waals surface area contributed by atoms with Crippen LogP contribution < -0.4 is 10.2 Å². The average Bonchev–Trinajstić information content (AvgIpc) is 3.53. The summed E-state index contributed by atoms with van der Waals surface area (Å²) in [6, 6.07) is 10.7. The van der Waals surface area contributed by atoms with E-state index in [-0.39, 0.29) is 30.1 Å². The number of hydrogen-bond donors (Lipinski definition) is 1. The van der Waals surface area contributed by atoms with Crippen molar-refractivity contribution in [3.05, 3.63) is 77.4 Å². The molecule has 0 radical (unpaired) electrons. The van der Waals surface area contributed by atoms with Crippen molar-refractivity contribution in [2.75, 3.05) is 16.8 Å². The highest BCUT2D eigenvalue weighted by Crippen LogP contribution is 2.41. The van der Waals surface area contributed by atoms with Gasteiger partial charge >= 0.3 is 6.03 Å². The Morgan fingerprint density at radius 1 is 1.03 bits per heavy atom. The van der Waals surface area contributed by atoms with Crippen molar-refractivity contribution in [2.45, 2.75) is 44.3 Å². The molecular weight excluding hydrogens is 471 g/mol. The van der Waals surface area contributed by atoms with Crippen LogP contribution in [0.5, 0.6) is 0 Å². The molecule has 10 heteroatoms. The Bertz CT molecular complexity index is 1320. The van der Waals surface area contributed by atoms with E-state index in [9.17, 15) is 22.8 Å². The molecule has 36 heavy (non-hydrogen) atoms. The monoisotopic (exact) mass is 495 g/mol. The molecule has 7 nitrogen and oxygen atoms in total. The van der Waals surface area contributed by atoms with Crippen LogP contribution in [0.3, 0.4) is 0 Å². The molecule has 2 atom stereocenters.